The fourth-order valence-corrected chi connectivity index (χ4v) is 2.88. The zero-order valence-corrected chi connectivity index (χ0v) is 11.6. The number of hydrogen-bond donors (Lipinski definition) is 1. The molecule has 0 fully saturated rings. The maximum Gasteiger partial charge on any atom is 0.424 e. The maximum absolute atomic E-state index is 13.8. The molecule has 1 unspecified atom stereocenters. The molecule has 0 heterocycles. The number of hydrogen-bond acceptors (Lipinski definition) is 3. The number of fused-ring (bicyclic) bond motifs is 1. The minimum absolute atomic E-state index is 0.0453. The SMILES string of the molecule is COc1c(F)ccc2c1C(C)(C)CC(O)(C(F)(F)F)C2=O. The summed E-state index contributed by atoms with van der Waals surface area (Å²) in [5.41, 5.74) is -5.10. The van der Waals surface area contributed by atoms with E-state index in [9.17, 15) is 27.5 Å². The Kier molecular flexibility index (Phi) is 3.32. The first-order valence-corrected chi connectivity index (χ1v) is 6.16. The van der Waals surface area contributed by atoms with Crippen molar-refractivity contribution in [3.8, 4) is 5.75 Å². The summed E-state index contributed by atoms with van der Waals surface area (Å²) in [6, 6.07) is 1.81. The van der Waals surface area contributed by atoms with E-state index in [4.69, 9.17) is 4.74 Å². The quantitative estimate of drug-likeness (QED) is 0.811. The van der Waals surface area contributed by atoms with Gasteiger partial charge < -0.3 is 9.84 Å². The number of benzene rings is 1. The summed E-state index contributed by atoms with van der Waals surface area (Å²) in [5, 5.41) is 9.88. The summed E-state index contributed by atoms with van der Waals surface area (Å²) in [6.07, 6.45) is -6.00. The molecular formula is C14H14F4O3. The van der Waals surface area contributed by atoms with Gasteiger partial charge in [-0.15, -0.1) is 0 Å². The van der Waals surface area contributed by atoms with E-state index in [1.54, 1.807) is 0 Å². The second kappa shape index (κ2) is 4.43. The largest absolute Gasteiger partial charge is 0.493 e. The van der Waals surface area contributed by atoms with Crippen molar-refractivity contribution in [2.45, 2.75) is 37.5 Å². The van der Waals surface area contributed by atoms with Crippen LogP contribution in [0.25, 0.3) is 0 Å². The first-order valence-electron chi connectivity index (χ1n) is 6.16. The molecule has 1 aliphatic carbocycles. The van der Waals surface area contributed by atoms with Crippen LogP contribution in [0.3, 0.4) is 0 Å². The lowest BCUT2D eigenvalue weighted by Gasteiger charge is -2.42. The highest BCUT2D eigenvalue weighted by Gasteiger charge is 2.64. The number of carbonyl (C=O) groups excluding carboxylic acids is 1. The Morgan fingerprint density at radius 2 is 1.86 bits per heavy atom. The van der Waals surface area contributed by atoms with Gasteiger partial charge in [0.15, 0.2) is 11.6 Å². The van der Waals surface area contributed by atoms with Gasteiger partial charge in [0.05, 0.1) is 7.11 Å². The van der Waals surface area contributed by atoms with Gasteiger partial charge in [-0.1, -0.05) is 13.8 Å². The normalized spacial score (nSPS) is 24.7. The molecule has 1 N–H and O–H groups in total. The van der Waals surface area contributed by atoms with Crippen LogP contribution >= 0.6 is 0 Å². The van der Waals surface area contributed by atoms with Crippen LogP contribution in [0.4, 0.5) is 17.6 Å². The van der Waals surface area contributed by atoms with E-state index in [0.717, 1.165) is 12.1 Å². The fraction of sp³-hybridized carbons (Fsp3) is 0.500. The van der Waals surface area contributed by atoms with Crippen molar-refractivity contribution in [2.24, 2.45) is 0 Å². The molecule has 0 aliphatic heterocycles. The van der Waals surface area contributed by atoms with Gasteiger partial charge >= 0.3 is 6.18 Å². The standard InChI is InChI=1S/C14H14F4O3/c1-12(2)6-13(20,14(16,17)18)11(19)7-4-5-8(15)10(21-3)9(7)12/h4-5,20H,6H2,1-3H3. The molecule has 1 aromatic rings. The van der Waals surface area contributed by atoms with Crippen LogP contribution in [-0.2, 0) is 5.41 Å². The second-order valence-electron chi connectivity index (χ2n) is 5.75. The maximum atomic E-state index is 13.8. The third-order valence-electron chi connectivity index (χ3n) is 3.78. The van der Waals surface area contributed by atoms with E-state index in [0.29, 0.717) is 0 Å². The van der Waals surface area contributed by atoms with Crippen molar-refractivity contribution >= 4 is 5.78 Å². The van der Waals surface area contributed by atoms with Gasteiger partial charge in [-0.05, 0) is 17.5 Å². The lowest BCUT2D eigenvalue weighted by Crippen LogP contribution is -2.58. The van der Waals surface area contributed by atoms with E-state index >= 15 is 0 Å². The zero-order valence-electron chi connectivity index (χ0n) is 11.6. The van der Waals surface area contributed by atoms with Crippen molar-refractivity contribution in [1.82, 2.24) is 0 Å². The average molecular weight is 306 g/mol. The highest BCUT2D eigenvalue weighted by atomic mass is 19.4. The number of rotatable bonds is 1. The fourth-order valence-electron chi connectivity index (χ4n) is 2.88. The Balaban J connectivity index is 2.78. The number of ketones is 1. The van der Waals surface area contributed by atoms with Gasteiger partial charge in [0.1, 0.15) is 0 Å². The van der Waals surface area contributed by atoms with Crippen LogP contribution in [0.1, 0.15) is 36.2 Å². The van der Waals surface area contributed by atoms with Gasteiger partial charge in [0, 0.05) is 17.5 Å². The van der Waals surface area contributed by atoms with Crippen LogP contribution < -0.4 is 4.74 Å². The molecule has 7 heteroatoms. The summed E-state index contributed by atoms with van der Waals surface area (Å²) < 4.78 is 57.9. The van der Waals surface area contributed by atoms with E-state index in [1.165, 1.54) is 21.0 Å². The Hall–Kier alpha value is -1.63. The van der Waals surface area contributed by atoms with Crippen molar-refractivity contribution < 1.29 is 32.2 Å². The van der Waals surface area contributed by atoms with Gasteiger partial charge in [-0.25, -0.2) is 4.39 Å². The van der Waals surface area contributed by atoms with Crippen LogP contribution in [0.5, 0.6) is 5.75 Å². The molecule has 2 rings (SSSR count). The van der Waals surface area contributed by atoms with Crippen LogP contribution in [0.2, 0.25) is 0 Å². The predicted octanol–water partition coefficient (Wildman–Crippen LogP) is 2.99. The van der Waals surface area contributed by atoms with Crippen LogP contribution in [0, 0.1) is 5.82 Å². The monoisotopic (exact) mass is 306 g/mol. The number of carbonyl (C=O) groups is 1. The molecule has 0 amide bonds. The third kappa shape index (κ3) is 2.10. The van der Waals surface area contributed by atoms with E-state index in [2.05, 4.69) is 0 Å². The number of alkyl halides is 3. The first kappa shape index (κ1) is 15.8. The molecule has 21 heavy (non-hydrogen) atoms. The number of halogens is 4. The highest BCUT2D eigenvalue weighted by Crippen LogP contribution is 2.51. The smallest absolute Gasteiger partial charge is 0.424 e. The summed E-state index contributed by atoms with van der Waals surface area (Å²) >= 11 is 0. The number of aliphatic hydroxyl groups is 1. The molecule has 0 bridgehead atoms. The molecule has 116 valence electrons. The first-order chi connectivity index (χ1) is 9.45. The van der Waals surface area contributed by atoms with Crippen molar-refractivity contribution in [1.29, 1.82) is 0 Å². The van der Waals surface area contributed by atoms with Gasteiger partial charge in [-0.3, -0.25) is 4.79 Å². The predicted molar refractivity (Wildman–Crippen MR) is 65.9 cm³/mol. The molecule has 1 aliphatic rings. The molecule has 3 nitrogen and oxygen atoms in total. The summed E-state index contributed by atoms with van der Waals surface area (Å²) in [6.45, 7) is 2.80. The van der Waals surface area contributed by atoms with E-state index in [1.807, 2.05) is 0 Å². The molecular weight excluding hydrogens is 292 g/mol. The number of Topliss-reactive ketones (excluding diaryl/α,β-unsaturated/α-hetero) is 1. The topological polar surface area (TPSA) is 46.5 Å². The lowest BCUT2D eigenvalue weighted by molar-refractivity contribution is -0.244. The van der Waals surface area contributed by atoms with Gasteiger partial charge in [-0.2, -0.15) is 13.2 Å². The van der Waals surface area contributed by atoms with Crippen LogP contribution in [-0.4, -0.2) is 29.8 Å². The van der Waals surface area contributed by atoms with Gasteiger partial charge in [0.25, 0.3) is 0 Å². The van der Waals surface area contributed by atoms with Crippen molar-refractivity contribution in [2.75, 3.05) is 7.11 Å². The van der Waals surface area contributed by atoms with Crippen molar-refractivity contribution in [3.63, 3.8) is 0 Å². The minimum Gasteiger partial charge on any atom is -0.493 e. The summed E-state index contributed by atoms with van der Waals surface area (Å²) in [5.74, 6) is -2.52. The third-order valence-corrected chi connectivity index (χ3v) is 3.78. The second-order valence-corrected chi connectivity index (χ2v) is 5.75. The molecule has 0 saturated carbocycles. The zero-order chi connectivity index (χ0) is 16.2. The molecule has 0 saturated heterocycles. The lowest BCUT2D eigenvalue weighted by atomic mass is 9.65. The molecule has 1 atom stereocenters. The van der Waals surface area contributed by atoms with Crippen molar-refractivity contribution in [3.05, 3.63) is 29.1 Å². The Labute approximate surface area is 118 Å². The number of methoxy groups -OCH3 is 1. The molecule has 0 radical (unpaired) electrons. The Morgan fingerprint density at radius 3 is 2.33 bits per heavy atom. The average Bonchev–Trinajstić information content (AvgIpc) is 2.34. The van der Waals surface area contributed by atoms with E-state index < -0.39 is 35.2 Å². The molecule has 1 aromatic carbocycles. The molecule has 0 spiro atoms. The summed E-state index contributed by atoms with van der Waals surface area (Å²) in [7, 11) is 1.17. The van der Waals surface area contributed by atoms with Gasteiger partial charge in [0.2, 0.25) is 11.4 Å². The Bertz CT molecular complexity index is 607. The van der Waals surface area contributed by atoms with E-state index in [-0.39, 0.29) is 16.9 Å². The molecule has 0 aromatic heterocycles. The Morgan fingerprint density at radius 1 is 1.29 bits per heavy atom. The number of ether oxygens (including phenoxy) is 1. The summed E-state index contributed by atoms with van der Waals surface area (Å²) in [4.78, 5) is 12.1. The minimum atomic E-state index is -5.11. The van der Waals surface area contributed by atoms with Crippen LogP contribution in [0.15, 0.2) is 12.1 Å². The highest BCUT2D eigenvalue weighted by molar-refractivity contribution is 6.06.